The molecule has 1 aliphatic rings. The van der Waals surface area contributed by atoms with E-state index in [1.165, 1.54) is 0 Å². The first kappa shape index (κ1) is 11.8. The van der Waals surface area contributed by atoms with Gasteiger partial charge in [-0.05, 0) is 24.3 Å². The van der Waals surface area contributed by atoms with Gasteiger partial charge in [-0.1, -0.05) is 30.2 Å². The second kappa shape index (κ2) is 4.15. The summed E-state index contributed by atoms with van der Waals surface area (Å²) >= 11 is 0. The Morgan fingerprint density at radius 3 is 1.89 bits per heavy atom. The number of hydrogen-bond donors (Lipinski definition) is 0. The van der Waals surface area contributed by atoms with Gasteiger partial charge < -0.3 is 4.90 Å². The van der Waals surface area contributed by atoms with Crippen LogP contribution in [0, 0.1) is 12.3 Å². The Hall–Kier alpha value is -2.25. The quantitative estimate of drug-likeness (QED) is 0.747. The summed E-state index contributed by atoms with van der Waals surface area (Å²) in [6.07, 6.45) is 5.40. The molecular formula is C15H11NO2S. The lowest BCUT2D eigenvalue weighted by Crippen LogP contribution is -2.26. The zero-order valence-electron chi connectivity index (χ0n) is 10.1. The first-order valence-corrected chi connectivity index (χ1v) is 7.29. The molecule has 19 heavy (non-hydrogen) atoms. The average molecular weight is 269 g/mol. The summed E-state index contributed by atoms with van der Waals surface area (Å²) < 4.78 is 25.1. The van der Waals surface area contributed by atoms with Gasteiger partial charge in [-0.2, -0.15) is 0 Å². The number of rotatable bonds is 1. The lowest BCUT2D eigenvalue weighted by molar-refractivity contribution is 0.594. The number of nitrogens with zero attached hydrogens (tertiary/aromatic N) is 1. The standard InChI is InChI=1S/C15H11NO2S/c1-2-11-16-12-7-3-5-9-14(12)19(17,18)15-10-6-4-8-13(15)16/h1,3-10H,11H2. The number of anilines is 2. The van der Waals surface area contributed by atoms with Crippen LogP contribution in [0.25, 0.3) is 0 Å². The molecule has 0 unspecified atom stereocenters. The number of hydrogen-bond acceptors (Lipinski definition) is 3. The predicted octanol–water partition coefficient (Wildman–Crippen LogP) is 2.60. The molecule has 94 valence electrons. The summed E-state index contributed by atoms with van der Waals surface area (Å²) in [5, 5.41) is 0. The molecule has 0 aromatic heterocycles. The minimum Gasteiger partial charge on any atom is -0.327 e. The maximum Gasteiger partial charge on any atom is 0.210 e. The fraction of sp³-hybridized carbons (Fsp3) is 0.0667. The molecule has 2 aromatic carbocycles. The zero-order valence-corrected chi connectivity index (χ0v) is 10.9. The summed E-state index contributed by atoms with van der Waals surface area (Å²) in [6.45, 7) is 0.337. The van der Waals surface area contributed by atoms with Crippen molar-refractivity contribution in [2.24, 2.45) is 0 Å². The lowest BCUT2D eigenvalue weighted by Gasteiger charge is -2.31. The van der Waals surface area contributed by atoms with Gasteiger partial charge in [0.25, 0.3) is 0 Å². The molecule has 0 aliphatic carbocycles. The Kier molecular flexibility index (Phi) is 2.58. The van der Waals surface area contributed by atoms with Crippen molar-refractivity contribution >= 4 is 21.2 Å². The first-order valence-electron chi connectivity index (χ1n) is 5.80. The largest absolute Gasteiger partial charge is 0.327 e. The van der Waals surface area contributed by atoms with E-state index in [1.54, 1.807) is 36.4 Å². The average Bonchev–Trinajstić information content (AvgIpc) is 2.44. The van der Waals surface area contributed by atoms with Crippen LogP contribution in [0.3, 0.4) is 0 Å². The van der Waals surface area contributed by atoms with E-state index in [1.807, 2.05) is 17.0 Å². The van der Waals surface area contributed by atoms with Crippen molar-refractivity contribution < 1.29 is 8.42 Å². The molecule has 0 atom stereocenters. The number of sulfone groups is 1. The van der Waals surface area contributed by atoms with E-state index in [-0.39, 0.29) is 0 Å². The fourth-order valence-electron chi connectivity index (χ4n) is 2.32. The van der Waals surface area contributed by atoms with E-state index in [0.717, 1.165) is 0 Å². The van der Waals surface area contributed by atoms with Gasteiger partial charge >= 0.3 is 0 Å². The third-order valence-corrected chi connectivity index (χ3v) is 4.99. The van der Waals surface area contributed by atoms with Crippen molar-refractivity contribution in [1.29, 1.82) is 0 Å². The van der Waals surface area contributed by atoms with Gasteiger partial charge in [-0.15, -0.1) is 6.42 Å². The molecule has 0 saturated carbocycles. The summed E-state index contributed by atoms with van der Waals surface area (Å²) in [5.41, 5.74) is 1.28. The van der Waals surface area contributed by atoms with Gasteiger partial charge in [-0.3, -0.25) is 0 Å². The highest BCUT2D eigenvalue weighted by Crippen LogP contribution is 2.43. The van der Waals surface area contributed by atoms with Gasteiger partial charge in [-0.25, -0.2) is 8.42 Å². The minimum absolute atomic E-state index is 0.309. The van der Waals surface area contributed by atoms with Crippen molar-refractivity contribution in [3.8, 4) is 12.3 Å². The minimum atomic E-state index is -3.46. The highest BCUT2D eigenvalue weighted by Gasteiger charge is 2.32. The molecule has 0 N–H and O–H groups in total. The second-order valence-electron chi connectivity index (χ2n) is 4.23. The Balaban J connectivity index is 2.38. The smallest absolute Gasteiger partial charge is 0.210 e. The molecule has 2 aromatic rings. The van der Waals surface area contributed by atoms with E-state index in [9.17, 15) is 8.42 Å². The van der Waals surface area contributed by atoms with Crippen LogP contribution in [0.4, 0.5) is 11.4 Å². The third-order valence-electron chi connectivity index (χ3n) is 3.14. The summed E-state index contributed by atoms with van der Waals surface area (Å²) in [5.74, 6) is 2.58. The Morgan fingerprint density at radius 1 is 0.947 bits per heavy atom. The Bertz CT molecular complexity index is 734. The molecule has 0 radical (unpaired) electrons. The van der Waals surface area contributed by atoms with Crippen LogP contribution in [0.1, 0.15) is 0 Å². The maximum absolute atomic E-state index is 12.6. The van der Waals surface area contributed by atoms with Crippen molar-refractivity contribution in [2.75, 3.05) is 11.4 Å². The number of para-hydroxylation sites is 2. The van der Waals surface area contributed by atoms with E-state index in [0.29, 0.717) is 27.7 Å². The molecular weight excluding hydrogens is 258 g/mol. The monoisotopic (exact) mass is 269 g/mol. The van der Waals surface area contributed by atoms with E-state index >= 15 is 0 Å². The highest BCUT2D eigenvalue weighted by atomic mass is 32.2. The Morgan fingerprint density at radius 2 is 1.42 bits per heavy atom. The fourth-order valence-corrected chi connectivity index (χ4v) is 3.98. The Labute approximate surface area is 112 Å². The molecule has 0 spiro atoms. The topological polar surface area (TPSA) is 37.4 Å². The van der Waals surface area contributed by atoms with Gasteiger partial charge in [0.15, 0.2) is 0 Å². The van der Waals surface area contributed by atoms with E-state index < -0.39 is 9.84 Å². The van der Waals surface area contributed by atoms with Crippen LogP contribution in [-0.2, 0) is 9.84 Å². The summed E-state index contributed by atoms with van der Waals surface area (Å²) in [7, 11) is -3.46. The number of benzene rings is 2. The summed E-state index contributed by atoms with van der Waals surface area (Å²) in [4.78, 5) is 2.47. The maximum atomic E-state index is 12.6. The molecule has 1 aliphatic heterocycles. The van der Waals surface area contributed by atoms with Crippen molar-refractivity contribution in [1.82, 2.24) is 0 Å². The van der Waals surface area contributed by atoms with E-state index in [4.69, 9.17) is 6.42 Å². The van der Waals surface area contributed by atoms with E-state index in [2.05, 4.69) is 5.92 Å². The molecule has 0 fully saturated rings. The van der Waals surface area contributed by atoms with Gasteiger partial charge in [0.2, 0.25) is 9.84 Å². The van der Waals surface area contributed by atoms with Gasteiger partial charge in [0, 0.05) is 0 Å². The molecule has 4 heteroatoms. The molecule has 0 amide bonds. The molecule has 0 bridgehead atoms. The molecule has 1 heterocycles. The molecule has 3 nitrogen and oxygen atoms in total. The van der Waals surface area contributed by atoms with Crippen LogP contribution < -0.4 is 4.90 Å². The van der Waals surface area contributed by atoms with Crippen molar-refractivity contribution in [3.05, 3.63) is 48.5 Å². The molecule has 0 saturated heterocycles. The van der Waals surface area contributed by atoms with Gasteiger partial charge in [0.1, 0.15) is 0 Å². The van der Waals surface area contributed by atoms with Crippen molar-refractivity contribution in [2.45, 2.75) is 9.79 Å². The van der Waals surface area contributed by atoms with Crippen LogP contribution in [0.5, 0.6) is 0 Å². The number of fused-ring (bicyclic) bond motifs is 2. The predicted molar refractivity (Wildman–Crippen MR) is 74.2 cm³/mol. The number of terminal acetylenes is 1. The lowest BCUT2D eigenvalue weighted by atomic mass is 10.2. The first-order chi connectivity index (χ1) is 9.16. The van der Waals surface area contributed by atoms with Crippen molar-refractivity contribution in [3.63, 3.8) is 0 Å². The van der Waals surface area contributed by atoms with Crippen LogP contribution in [0.15, 0.2) is 58.3 Å². The van der Waals surface area contributed by atoms with Gasteiger partial charge in [0.05, 0.1) is 27.7 Å². The summed E-state index contributed by atoms with van der Waals surface area (Å²) in [6, 6.07) is 13.9. The zero-order chi connectivity index (χ0) is 13.5. The molecule has 3 rings (SSSR count). The normalized spacial score (nSPS) is 15.2. The second-order valence-corrected chi connectivity index (χ2v) is 6.12. The van der Waals surface area contributed by atoms with Crippen LogP contribution in [-0.4, -0.2) is 15.0 Å². The SMILES string of the molecule is C#CCN1c2ccccc2S(=O)(=O)c2ccccc21. The van der Waals surface area contributed by atoms with Crippen LogP contribution >= 0.6 is 0 Å². The van der Waals surface area contributed by atoms with Crippen LogP contribution in [0.2, 0.25) is 0 Å². The highest BCUT2D eigenvalue weighted by molar-refractivity contribution is 7.92. The third kappa shape index (κ3) is 1.63.